The molecule has 2 heterocycles. The molecule has 0 saturated carbocycles. The van der Waals surface area contributed by atoms with Gasteiger partial charge in [-0.3, -0.25) is 19.7 Å². The van der Waals surface area contributed by atoms with Crippen molar-refractivity contribution < 1.29 is 14.4 Å². The van der Waals surface area contributed by atoms with E-state index in [9.17, 15) is 14.4 Å². The average Bonchev–Trinajstić information content (AvgIpc) is 3.03. The van der Waals surface area contributed by atoms with Gasteiger partial charge in [0.15, 0.2) is 0 Å². The summed E-state index contributed by atoms with van der Waals surface area (Å²) in [6, 6.07) is 13.0. The van der Waals surface area contributed by atoms with Crippen LogP contribution in [0.4, 0.5) is 5.69 Å². The van der Waals surface area contributed by atoms with Crippen LogP contribution in [0.2, 0.25) is 0 Å². The Kier molecular flexibility index (Phi) is 4.83. The van der Waals surface area contributed by atoms with Gasteiger partial charge < -0.3 is 16.0 Å². The lowest BCUT2D eigenvalue weighted by atomic mass is 10.0. The zero-order valence-electron chi connectivity index (χ0n) is 15.4. The second-order valence-corrected chi connectivity index (χ2v) is 7.07. The number of nitrogens with zero attached hydrogens (tertiary/aromatic N) is 1. The molecule has 2 aliphatic rings. The first-order valence-corrected chi connectivity index (χ1v) is 9.35. The highest BCUT2D eigenvalue weighted by Crippen LogP contribution is 2.30. The smallest absolute Gasteiger partial charge is 0.255 e. The highest BCUT2D eigenvalue weighted by atomic mass is 16.2. The molecule has 2 aliphatic heterocycles. The summed E-state index contributed by atoms with van der Waals surface area (Å²) in [7, 11) is 0. The molecule has 2 aromatic rings. The van der Waals surface area contributed by atoms with Crippen molar-refractivity contribution >= 4 is 23.4 Å². The largest absolute Gasteiger partial charge is 0.381 e. The Morgan fingerprint density at radius 2 is 1.86 bits per heavy atom. The maximum Gasteiger partial charge on any atom is 0.255 e. The third-order valence-corrected chi connectivity index (χ3v) is 5.35. The summed E-state index contributed by atoms with van der Waals surface area (Å²) in [5.41, 5.74) is 10.2. The predicted molar refractivity (Wildman–Crippen MR) is 104 cm³/mol. The van der Waals surface area contributed by atoms with Crippen molar-refractivity contribution in [1.82, 2.24) is 10.2 Å². The first-order chi connectivity index (χ1) is 13.6. The zero-order valence-corrected chi connectivity index (χ0v) is 15.4. The van der Waals surface area contributed by atoms with Crippen molar-refractivity contribution in [3.63, 3.8) is 0 Å². The average molecular weight is 378 g/mol. The minimum atomic E-state index is -0.601. The number of hydrogen-bond acceptors (Lipinski definition) is 5. The second-order valence-electron chi connectivity index (χ2n) is 7.07. The maximum atomic E-state index is 13.1. The summed E-state index contributed by atoms with van der Waals surface area (Å²) in [4.78, 5) is 38.3. The number of amides is 3. The van der Waals surface area contributed by atoms with E-state index in [2.05, 4.69) is 10.6 Å². The van der Waals surface area contributed by atoms with E-state index < -0.39 is 11.9 Å². The Balaban J connectivity index is 1.55. The summed E-state index contributed by atoms with van der Waals surface area (Å²) < 4.78 is 0. The standard InChI is InChI=1S/C21H22N4O3/c22-10-13-4-1-2-7-16(13)23-11-14-5-3-6-15-12-25(21(28)19(14)15)17-8-9-18(26)24-20(17)27/h1-7,17,23H,8-12,22H2,(H,24,26,27). The number of rotatable bonds is 5. The highest BCUT2D eigenvalue weighted by Gasteiger charge is 2.39. The molecule has 0 radical (unpaired) electrons. The van der Waals surface area contributed by atoms with Crippen LogP contribution in [0.5, 0.6) is 0 Å². The Labute approximate surface area is 162 Å². The van der Waals surface area contributed by atoms with Crippen LogP contribution in [-0.4, -0.2) is 28.7 Å². The summed E-state index contributed by atoms with van der Waals surface area (Å²) >= 11 is 0. The number of nitrogens with one attached hydrogen (secondary N) is 2. The van der Waals surface area contributed by atoms with Crippen LogP contribution in [-0.2, 0) is 29.2 Å². The van der Waals surface area contributed by atoms with Gasteiger partial charge >= 0.3 is 0 Å². The summed E-state index contributed by atoms with van der Waals surface area (Å²) in [5.74, 6) is -0.836. The molecule has 1 fully saturated rings. The first kappa shape index (κ1) is 18.2. The van der Waals surface area contributed by atoms with Crippen molar-refractivity contribution in [2.75, 3.05) is 5.32 Å². The van der Waals surface area contributed by atoms with Crippen LogP contribution in [0.25, 0.3) is 0 Å². The molecule has 7 nitrogen and oxygen atoms in total. The van der Waals surface area contributed by atoms with Gasteiger partial charge in [0.2, 0.25) is 11.8 Å². The van der Waals surface area contributed by atoms with Gasteiger partial charge in [-0.15, -0.1) is 0 Å². The van der Waals surface area contributed by atoms with Gasteiger partial charge in [-0.1, -0.05) is 36.4 Å². The van der Waals surface area contributed by atoms with E-state index in [0.717, 1.165) is 22.4 Å². The number of benzene rings is 2. The lowest BCUT2D eigenvalue weighted by molar-refractivity contribution is -0.136. The van der Waals surface area contributed by atoms with Crippen LogP contribution in [0.1, 0.15) is 39.9 Å². The Bertz CT molecular complexity index is 956. The second kappa shape index (κ2) is 7.44. The Hall–Kier alpha value is -3.19. The number of anilines is 1. The van der Waals surface area contributed by atoms with E-state index in [0.29, 0.717) is 31.6 Å². The van der Waals surface area contributed by atoms with Gasteiger partial charge in [0.25, 0.3) is 5.91 Å². The number of carbonyl (C=O) groups excluding carboxylic acids is 3. The van der Waals surface area contributed by atoms with Gasteiger partial charge in [0.05, 0.1) is 0 Å². The van der Waals surface area contributed by atoms with Crippen molar-refractivity contribution in [2.24, 2.45) is 5.73 Å². The molecule has 1 atom stereocenters. The minimum absolute atomic E-state index is 0.158. The summed E-state index contributed by atoms with van der Waals surface area (Å²) in [6.07, 6.45) is 0.614. The molecule has 2 aromatic carbocycles. The van der Waals surface area contributed by atoms with Gasteiger partial charge in [0.1, 0.15) is 6.04 Å². The molecule has 28 heavy (non-hydrogen) atoms. The molecule has 144 valence electrons. The molecular formula is C21H22N4O3. The van der Waals surface area contributed by atoms with Gasteiger partial charge in [0, 0.05) is 37.3 Å². The van der Waals surface area contributed by atoms with E-state index in [1.54, 1.807) is 4.90 Å². The Morgan fingerprint density at radius 1 is 1.07 bits per heavy atom. The third-order valence-electron chi connectivity index (χ3n) is 5.35. The molecule has 3 amide bonds. The normalized spacial score (nSPS) is 18.8. The molecule has 0 aliphatic carbocycles. The van der Waals surface area contributed by atoms with Crippen LogP contribution in [0.3, 0.4) is 0 Å². The van der Waals surface area contributed by atoms with E-state index in [-0.39, 0.29) is 18.2 Å². The number of piperidine rings is 1. The quantitative estimate of drug-likeness (QED) is 0.684. The van der Waals surface area contributed by atoms with E-state index in [1.165, 1.54) is 0 Å². The van der Waals surface area contributed by atoms with Crippen molar-refractivity contribution in [3.05, 3.63) is 64.7 Å². The van der Waals surface area contributed by atoms with Crippen molar-refractivity contribution in [2.45, 2.75) is 38.5 Å². The molecule has 0 aromatic heterocycles. The minimum Gasteiger partial charge on any atom is -0.381 e. The van der Waals surface area contributed by atoms with Crippen LogP contribution in [0.15, 0.2) is 42.5 Å². The molecule has 7 heteroatoms. The lowest BCUT2D eigenvalue weighted by Crippen LogP contribution is -2.52. The molecular weight excluding hydrogens is 356 g/mol. The molecule has 4 N–H and O–H groups in total. The fourth-order valence-electron chi connectivity index (χ4n) is 3.90. The number of imide groups is 1. The number of hydrogen-bond donors (Lipinski definition) is 3. The highest BCUT2D eigenvalue weighted by molar-refractivity contribution is 6.06. The lowest BCUT2D eigenvalue weighted by Gasteiger charge is -2.29. The number of fused-ring (bicyclic) bond motifs is 1. The molecule has 4 rings (SSSR count). The Morgan fingerprint density at radius 3 is 2.64 bits per heavy atom. The number of para-hydroxylation sites is 1. The number of carbonyl (C=O) groups is 3. The molecule has 1 saturated heterocycles. The van der Waals surface area contributed by atoms with Crippen LogP contribution in [0, 0.1) is 0 Å². The topological polar surface area (TPSA) is 105 Å². The third kappa shape index (κ3) is 3.25. The monoisotopic (exact) mass is 378 g/mol. The molecule has 0 spiro atoms. The fraction of sp³-hybridized carbons (Fsp3) is 0.286. The van der Waals surface area contributed by atoms with E-state index >= 15 is 0 Å². The van der Waals surface area contributed by atoms with Crippen molar-refractivity contribution in [3.8, 4) is 0 Å². The maximum absolute atomic E-state index is 13.1. The van der Waals surface area contributed by atoms with E-state index in [4.69, 9.17) is 5.73 Å². The predicted octanol–water partition coefficient (Wildman–Crippen LogP) is 1.52. The molecule has 0 bridgehead atoms. The summed E-state index contributed by atoms with van der Waals surface area (Å²) in [6.45, 7) is 1.29. The fourth-order valence-corrected chi connectivity index (χ4v) is 3.90. The van der Waals surface area contributed by atoms with Crippen LogP contribution >= 0.6 is 0 Å². The zero-order chi connectivity index (χ0) is 19.7. The van der Waals surface area contributed by atoms with Crippen molar-refractivity contribution in [1.29, 1.82) is 0 Å². The number of nitrogens with two attached hydrogens (primary N) is 1. The first-order valence-electron chi connectivity index (χ1n) is 9.35. The summed E-state index contributed by atoms with van der Waals surface area (Å²) in [5, 5.41) is 5.70. The van der Waals surface area contributed by atoms with Gasteiger partial charge in [-0.25, -0.2) is 0 Å². The SMILES string of the molecule is NCc1ccccc1NCc1cccc2c1C(=O)N(C1CCC(=O)NC1=O)C2. The van der Waals surface area contributed by atoms with Gasteiger partial charge in [-0.2, -0.15) is 0 Å². The molecule has 1 unspecified atom stereocenters. The van der Waals surface area contributed by atoms with Crippen LogP contribution < -0.4 is 16.4 Å². The van der Waals surface area contributed by atoms with Gasteiger partial charge in [-0.05, 0) is 29.2 Å². The van der Waals surface area contributed by atoms with E-state index in [1.807, 2.05) is 42.5 Å².